The van der Waals surface area contributed by atoms with Gasteiger partial charge in [-0.2, -0.15) is 0 Å². The lowest BCUT2D eigenvalue weighted by atomic mass is 9.81. The van der Waals surface area contributed by atoms with E-state index in [-0.39, 0.29) is 5.41 Å². The molecule has 8 aromatic carbocycles. The van der Waals surface area contributed by atoms with Gasteiger partial charge in [0.1, 0.15) is 0 Å². The Morgan fingerprint density at radius 2 is 0.839 bits per heavy atom. The van der Waals surface area contributed by atoms with Crippen molar-refractivity contribution in [3.8, 4) is 56.0 Å². The van der Waals surface area contributed by atoms with Crippen molar-refractivity contribution in [2.45, 2.75) is 19.3 Å². The molecule has 1 aliphatic rings. The van der Waals surface area contributed by atoms with Crippen molar-refractivity contribution in [1.82, 2.24) is 23.5 Å². The van der Waals surface area contributed by atoms with E-state index in [0.717, 1.165) is 28.1 Å². The quantitative estimate of drug-likeness (QED) is 0.174. The molecule has 0 spiro atoms. The molecular formula is C57H39N5. The summed E-state index contributed by atoms with van der Waals surface area (Å²) in [5.41, 5.74) is 19.0. The number of imidazole rings is 1. The van der Waals surface area contributed by atoms with Crippen LogP contribution in [0.5, 0.6) is 0 Å². The van der Waals surface area contributed by atoms with Gasteiger partial charge in [-0.3, -0.25) is 4.40 Å². The van der Waals surface area contributed by atoms with Gasteiger partial charge in [0.25, 0.3) is 0 Å². The van der Waals surface area contributed by atoms with Crippen LogP contribution in [0, 0.1) is 0 Å². The Labute approximate surface area is 358 Å². The maximum absolute atomic E-state index is 4.88. The SMILES string of the molecule is CC1(C)c2cc(-c3ccc4c(c3)c3ccccc3n4-c3ccccc3)ccc2-c2ccc(-c3cnc4ncc(-c5ccc6c(c5)c5ccccc5n6-c5ccccc5)n4c3)cc21. The number of fused-ring (bicyclic) bond motifs is 10. The Morgan fingerprint density at radius 1 is 0.387 bits per heavy atom. The predicted octanol–water partition coefficient (Wildman–Crippen LogP) is 14.2. The zero-order valence-corrected chi connectivity index (χ0v) is 34.3. The summed E-state index contributed by atoms with van der Waals surface area (Å²) >= 11 is 0. The molecule has 62 heavy (non-hydrogen) atoms. The number of nitrogens with zero attached hydrogens (tertiary/aromatic N) is 5. The van der Waals surface area contributed by atoms with Gasteiger partial charge in [0.2, 0.25) is 5.78 Å². The minimum Gasteiger partial charge on any atom is -0.309 e. The van der Waals surface area contributed by atoms with Gasteiger partial charge in [-0.25, -0.2) is 9.97 Å². The fraction of sp³-hybridized carbons (Fsp3) is 0.0526. The zero-order chi connectivity index (χ0) is 41.1. The van der Waals surface area contributed by atoms with E-state index in [9.17, 15) is 0 Å². The van der Waals surface area contributed by atoms with E-state index in [4.69, 9.17) is 9.97 Å². The number of hydrogen-bond donors (Lipinski definition) is 0. The summed E-state index contributed by atoms with van der Waals surface area (Å²) in [7, 11) is 0. The van der Waals surface area contributed by atoms with Crippen LogP contribution in [0.2, 0.25) is 0 Å². The molecule has 4 heterocycles. The molecule has 0 saturated heterocycles. The van der Waals surface area contributed by atoms with Crippen LogP contribution in [0.3, 0.4) is 0 Å². The Balaban J connectivity index is 0.866. The molecule has 0 atom stereocenters. The number of benzene rings is 8. The van der Waals surface area contributed by atoms with E-state index >= 15 is 0 Å². The second-order valence-electron chi connectivity index (χ2n) is 17.1. The van der Waals surface area contributed by atoms with Gasteiger partial charge in [0.15, 0.2) is 0 Å². The topological polar surface area (TPSA) is 40.0 Å². The maximum atomic E-state index is 4.88. The molecule has 1 aliphatic carbocycles. The minimum absolute atomic E-state index is 0.198. The molecule has 5 heteroatoms. The van der Waals surface area contributed by atoms with Crippen LogP contribution in [-0.4, -0.2) is 23.5 Å². The highest BCUT2D eigenvalue weighted by Crippen LogP contribution is 2.51. The first-order chi connectivity index (χ1) is 30.5. The highest BCUT2D eigenvalue weighted by Gasteiger charge is 2.36. The lowest BCUT2D eigenvalue weighted by molar-refractivity contribution is 0.661. The minimum atomic E-state index is -0.198. The van der Waals surface area contributed by atoms with Crippen LogP contribution in [0.1, 0.15) is 25.0 Å². The number of rotatable bonds is 5. The molecule has 4 aromatic heterocycles. The van der Waals surface area contributed by atoms with E-state index in [2.05, 4.69) is 216 Å². The first-order valence-electron chi connectivity index (χ1n) is 21.3. The monoisotopic (exact) mass is 793 g/mol. The van der Waals surface area contributed by atoms with Gasteiger partial charge in [-0.15, -0.1) is 0 Å². The molecule has 292 valence electrons. The second-order valence-corrected chi connectivity index (χ2v) is 17.1. The number of aromatic nitrogens is 5. The van der Waals surface area contributed by atoms with Crippen molar-refractivity contribution in [1.29, 1.82) is 0 Å². The lowest BCUT2D eigenvalue weighted by Gasteiger charge is -2.22. The van der Waals surface area contributed by atoms with Crippen molar-refractivity contribution in [3.05, 3.63) is 212 Å². The fourth-order valence-electron chi connectivity index (χ4n) is 10.3. The van der Waals surface area contributed by atoms with Gasteiger partial charge in [0, 0.05) is 61.9 Å². The average Bonchev–Trinajstić information content (AvgIpc) is 4.06. The Kier molecular flexibility index (Phi) is 7.29. The van der Waals surface area contributed by atoms with Crippen LogP contribution >= 0.6 is 0 Å². The summed E-state index contributed by atoms with van der Waals surface area (Å²) < 4.78 is 6.87. The van der Waals surface area contributed by atoms with Crippen molar-refractivity contribution >= 4 is 49.4 Å². The van der Waals surface area contributed by atoms with Crippen LogP contribution in [0.25, 0.3) is 105 Å². The second kappa shape index (κ2) is 13.0. The third-order valence-corrected chi connectivity index (χ3v) is 13.4. The third-order valence-electron chi connectivity index (χ3n) is 13.4. The van der Waals surface area contributed by atoms with E-state index in [1.54, 1.807) is 0 Å². The van der Waals surface area contributed by atoms with E-state index in [1.807, 2.05) is 12.4 Å². The summed E-state index contributed by atoms with van der Waals surface area (Å²) in [4.78, 5) is 9.64. The van der Waals surface area contributed by atoms with Gasteiger partial charge in [-0.1, -0.05) is 123 Å². The summed E-state index contributed by atoms with van der Waals surface area (Å²) in [5, 5.41) is 4.96. The summed E-state index contributed by atoms with van der Waals surface area (Å²) in [6.07, 6.45) is 6.10. The van der Waals surface area contributed by atoms with E-state index in [0.29, 0.717) is 5.78 Å². The Morgan fingerprint density at radius 3 is 1.44 bits per heavy atom. The van der Waals surface area contributed by atoms with Gasteiger partial charge in [0.05, 0.1) is 34.0 Å². The Bertz CT molecular complexity index is 3770. The summed E-state index contributed by atoms with van der Waals surface area (Å²) in [6.45, 7) is 4.73. The molecular weight excluding hydrogens is 755 g/mol. The van der Waals surface area contributed by atoms with E-state index < -0.39 is 0 Å². The number of hydrogen-bond acceptors (Lipinski definition) is 2. The lowest BCUT2D eigenvalue weighted by Crippen LogP contribution is -2.15. The maximum Gasteiger partial charge on any atom is 0.234 e. The highest BCUT2D eigenvalue weighted by atomic mass is 15.1. The first-order valence-corrected chi connectivity index (χ1v) is 21.3. The van der Waals surface area contributed by atoms with Crippen molar-refractivity contribution in [2.24, 2.45) is 0 Å². The van der Waals surface area contributed by atoms with Gasteiger partial charge < -0.3 is 9.13 Å². The van der Waals surface area contributed by atoms with Crippen LogP contribution in [0.15, 0.2) is 201 Å². The molecule has 5 nitrogen and oxygen atoms in total. The molecule has 0 N–H and O–H groups in total. The predicted molar refractivity (Wildman–Crippen MR) is 256 cm³/mol. The van der Waals surface area contributed by atoms with Crippen LogP contribution in [-0.2, 0) is 5.41 Å². The van der Waals surface area contributed by atoms with E-state index in [1.165, 1.54) is 82.7 Å². The summed E-state index contributed by atoms with van der Waals surface area (Å²) in [5.74, 6) is 0.680. The average molecular weight is 794 g/mol. The standard InChI is InChI=1S/C57H39N5/c1-57(2)49-31-37(36-23-27-53-47(29-36)45-17-9-11-19-51(45)61(53)41-13-5-3-6-14-41)21-25-43(49)44-26-22-38(32-50(44)57)40-33-58-56-59-34-55(60(56)35-40)39-24-28-54-48(30-39)46-18-10-12-20-52(46)62(54)42-15-7-4-8-16-42/h3-35H,1-2H3. The summed E-state index contributed by atoms with van der Waals surface area (Å²) in [6, 6.07) is 66.3. The van der Waals surface area contributed by atoms with Crippen molar-refractivity contribution in [2.75, 3.05) is 0 Å². The molecule has 0 fully saturated rings. The molecule has 0 saturated carbocycles. The van der Waals surface area contributed by atoms with Crippen molar-refractivity contribution in [3.63, 3.8) is 0 Å². The van der Waals surface area contributed by atoms with Crippen LogP contribution in [0.4, 0.5) is 0 Å². The van der Waals surface area contributed by atoms with Gasteiger partial charge in [-0.05, 0) is 112 Å². The highest BCUT2D eigenvalue weighted by molar-refractivity contribution is 6.11. The molecule has 0 amide bonds. The molecule has 0 bridgehead atoms. The largest absolute Gasteiger partial charge is 0.309 e. The fourth-order valence-corrected chi connectivity index (χ4v) is 10.3. The molecule has 12 aromatic rings. The third kappa shape index (κ3) is 5.02. The van der Waals surface area contributed by atoms with Crippen LogP contribution < -0.4 is 0 Å². The molecule has 0 unspecified atom stereocenters. The smallest absolute Gasteiger partial charge is 0.234 e. The molecule has 13 rings (SSSR count). The zero-order valence-electron chi connectivity index (χ0n) is 34.3. The van der Waals surface area contributed by atoms with Gasteiger partial charge >= 0.3 is 0 Å². The molecule has 0 aliphatic heterocycles. The first kappa shape index (κ1) is 34.8. The Hall–Kier alpha value is -8.02. The molecule has 0 radical (unpaired) electrons. The van der Waals surface area contributed by atoms with Crippen molar-refractivity contribution < 1.29 is 0 Å². The number of para-hydroxylation sites is 4. The normalized spacial score (nSPS) is 13.1.